The highest BCUT2D eigenvalue weighted by molar-refractivity contribution is 7.09. The van der Waals surface area contributed by atoms with Gasteiger partial charge in [0, 0.05) is 10.9 Å². The first-order valence-corrected chi connectivity index (χ1v) is 9.02. The summed E-state index contributed by atoms with van der Waals surface area (Å²) in [5, 5.41) is 5.96. The van der Waals surface area contributed by atoms with E-state index in [2.05, 4.69) is 29.8 Å². The van der Waals surface area contributed by atoms with Gasteiger partial charge in [0.15, 0.2) is 0 Å². The lowest BCUT2D eigenvalue weighted by Crippen LogP contribution is -2.32. The Hall–Kier alpha value is -0.340. The lowest BCUT2D eigenvalue weighted by atomic mass is 9.85. The summed E-state index contributed by atoms with van der Waals surface area (Å²) in [6.07, 6.45) is 12.7. The van der Waals surface area contributed by atoms with E-state index in [1.54, 1.807) is 0 Å². The molecule has 1 saturated carbocycles. The van der Waals surface area contributed by atoms with Gasteiger partial charge in [-0.05, 0) is 49.6 Å². The van der Waals surface area contributed by atoms with E-state index in [0.717, 1.165) is 5.92 Å². The van der Waals surface area contributed by atoms with Gasteiger partial charge < -0.3 is 5.32 Å². The molecule has 1 aromatic heterocycles. The second-order valence-corrected chi connectivity index (χ2v) is 7.05. The Balaban J connectivity index is 1.75. The summed E-state index contributed by atoms with van der Waals surface area (Å²) in [5.41, 5.74) is 0. The molecule has 1 aliphatic rings. The van der Waals surface area contributed by atoms with E-state index in [9.17, 15) is 0 Å². The standard InChI is InChI=1S/C17H29NS/c1-2-12-18-16(14-17-9-6-13-19-17)11-10-15-7-4-3-5-8-15/h6,9,13,15-16,18H,2-5,7-8,10-12,14H2,1H3. The first-order valence-electron chi connectivity index (χ1n) is 8.14. The molecule has 0 bridgehead atoms. The Morgan fingerprint density at radius 2 is 2.16 bits per heavy atom. The number of hydrogen-bond acceptors (Lipinski definition) is 2. The maximum atomic E-state index is 3.75. The molecule has 108 valence electrons. The van der Waals surface area contributed by atoms with E-state index in [-0.39, 0.29) is 0 Å². The molecule has 1 nitrogen and oxygen atoms in total. The monoisotopic (exact) mass is 279 g/mol. The van der Waals surface area contributed by atoms with Gasteiger partial charge in [0.25, 0.3) is 0 Å². The van der Waals surface area contributed by atoms with Gasteiger partial charge in [-0.25, -0.2) is 0 Å². The second-order valence-electron chi connectivity index (χ2n) is 6.02. The van der Waals surface area contributed by atoms with Gasteiger partial charge >= 0.3 is 0 Å². The predicted octanol–water partition coefficient (Wildman–Crippen LogP) is 5.02. The Morgan fingerprint density at radius 3 is 2.84 bits per heavy atom. The van der Waals surface area contributed by atoms with Gasteiger partial charge in [-0.2, -0.15) is 0 Å². The van der Waals surface area contributed by atoms with Gasteiger partial charge in [-0.15, -0.1) is 11.3 Å². The number of rotatable bonds is 8. The second kappa shape index (κ2) is 8.76. The average molecular weight is 279 g/mol. The molecule has 1 aromatic rings. The normalized spacial score (nSPS) is 18.6. The van der Waals surface area contributed by atoms with Crippen molar-refractivity contribution in [3.63, 3.8) is 0 Å². The molecule has 0 radical (unpaired) electrons. The Kier molecular flexibility index (Phi) is 6.94. The summed E-state index contributed by atoms with van der Waals surface area (Å²) in [7, 11) is 0. The highest BCUT2D eigenvalue weighted by Crippen LogP contribution is 2.28. The van der Waals surface area contributed by atoms with Crippen LogP contribution in [0.3, 0.4) is 0 Å². The average Bonchev–Trinajstić information content (AvgIpc) is 2.96. The maximum Gasteiger partial charge on any atom is 0.0115 e. The number of hydrogen-bond donors (Lipinski definition) is 1. The van der Waals surface area contributed by atoms with Crippen molar-refractivity contribution in [1.82, 2.24) is 5.32 Å². The van der Waals surface area contributed by atoms with Crippen LogP contribution in [0.15, 0.2) is 17.5 Å². The van der Waals surface area contributed by atoms with Crippen LogP contribution in [0.1, 0.15) is 63.2 Å². The molecule has 2 heteroatoms. The fourth-order valence-electron chi connectivity index (χ4n) is 3.21. The van der Waals surface area contributed by atoms with E-state index in [1.165, 1.54) is 69.2 Å². The molecule has 0 amide bonds. The van der Waals surface area contributed by atoms with Gasteiger partial charge in [0.2, 0.25) is 0 Å². The highest BCUT2D eigenvalue weighted by atomic mass is 32.1. The van der Waals surface area contributed by atoms with Crippen LogP contribution in [0.4, 0.5) is 0 Å². The van der Waals surface area contributed by atoms with Gasteiger partial charge in [-0.1, -0.05) is 45.1 Å². The summed E-state index contributed by atoms with van der Waals surface area (Å²) in [6.45, 7) is 3.43. The Labute approximate surface area is 122 Å². The lowest BCUT2D eigenvalue weighted by molar-refractivity contribution is 0.312. The van der Waals surface area contributed by atoms with Crippen LogP contribution in [0.5, 0.6) is 0 Å². The molecular weight excluding hydrogens is 250 g/mol. The summed E-state index contributed by atoms with van der Waals surface area (Å²) in [6, 6.07) is 5.16. The molecule has 0 aromatic carbocycles. The third-order valence-corrected chi connectivity index (χ3v) is 5.26. The Morgan fingerprint density at radius 1 is 1.32 bits per heavy atom. The summed E-state index contributed by atoms with van der Waals surface area (Å²) < 4.78 is 0. The zero-order valence-corrected chi connectivity index (χ0v) is 13.2. The Bertz CT molecular complexity index is 314. The lowest BCUT2D eigenvalue weighted by Gasteiger charge is -2.24. The van der Waals surface area contributed by atoms with Crippen LogP contribution in [0.2, 0.25) is 0 Å². The molecule has 2 rings (SSSR count). The zero-order valence-electron chi connectivity index (χ0n) is 12.4. The minimum Gasteiger partial charge on any atom is -0.314 e. The third-order valence-electron chi connectivity index (χ3n) is 4.36. The number of thiophene rings is 1. The van der Waals surface area contributed by atoms with E-state index < -0.39 is 0 Å². The molecule has 1 unspecified atom stereocenters. The SMILES string of the molecule is CCCNC(CCC1CCCCC1)Cc1cccs1. The third kappa shape index (κ3) is 5.66. The van der Waals surface area contributed by atoms with Crippen LogP contribution in [-0.4, -0.2) is 12.6 Å². The van der Waals surface area contributed by atoms with Crippen LogP contribution in [0, 0.1) is 5.92 Å². The molecule has 1 heterocycles. The number of nitrogens with one attached hydrogen (secondary N) is 1. The largest absolute Gasteiger partial charge is 0.314 e. The molecular formula is C17H29NS. The van der Waals surface area contributed by atoms with Crippen molar-refractivity contribution in [1.29, 1.82) is 0 Å². The molecule has 1 atom stereocenters. The smallest absolute Gasteiger partial charge is 0.0115 e. The fraction of sp³-hybridized carbons (Fsp3) is 0.765. The van der Waals surface area contributed by atoms with E-state index >= 15 is 0 Å². The molecule has 19 heavy (non-hydrogen) atoms. The van der Waals surface area contributed by atoms with Crippen LogP contribution in [0.25, 0.3) is 0 Å². The first-order chi connectivity index (χ1) is 9.38. The molecule has 0 saturated heterocycles. The molecule has 1 aliphatic carbocycles. The summed E-state index contributed by atoms with van der Waals surface area (Å²) in [5.74, 6) is 1.02. The van der Waals surface area contributed by atoms with Crippen molar-refractivity contribution < 1.29 is 0 Å². The molecule has 1 N–H and O–H groups in total. The molecule has 1 fully saturated rings. The van der Waals surface area contributed by atoms with Crippen LogP contribution in [-0.2, 0) is 6.42 Å². The van der Waals surface area contributed by atoms with Gasteiger partial charge in [0.05, 0.1) is 0 Å². The van der Waals surface area contributed by atoms with Crippen LogP contribution >= 0.6 is 11.3 Å². The van der Waals surface area contributed by atoms with E-state index in [4.69, 9.17) is 0 Å². The maximum absolute atomic E-state index is 3.75. The minimum absolute atomic E-state index is 0.695. The van der Waals surface area contributed by atoms with Crippen molar-refractivity contribution in [2.24, 2.45) is 5.92 Å². The minimum atomic E-state index is 0.695. The van der Waals surface area contributed by atoms with E-state index in [1.807, 2.05) is 11.3 Å². The summed E-state index contributed by atoms with van der Waals surface area (Å²) >= 11 is 1.91. The highest BCUT2D eigenvalue weighted by Gasteiger charge is 2.16. The fourth-order valence-corrected chi connectivity index (χ4v) is 4.00. The van der Waals surface area contributed by atoms with Crippen LogP contribution < -0.4 is 5.32 Å². The predicted molar refractivity (Wildman–Crippen MR) is 85.9 cm³/mol. The van der Waals surface area contributed by atoms with Crippen molar-refractivity contribution in [3.8, 4) is 0 Å². The van der Waals surface area contributed by atoms with Crippen molar-refractivity contribution in [2.75, 3.05) is 6.54 Å². The van der Waals surface area contributed by atoms with E-state index in [0.29, 0.717) is 6.04 Å². The summed E-state index contributed by atoms with van der Waals surface area (Å²) in [4.78, 5) is 1.54. The van der Waals surface area contributed by atoms with Crippen molar-refractivity contribution >= 4 is 11.3 Å². The zero-order chi connectivity index (χ0) is 13.3. The van der Waals surface area contributed by atoms with Crippen molar-refractivity contribution in [3.05, 3.63) is 22.4 Å². The molecule has 0 spiro atoms. The topological polar surface area (TPSA) is 12.0 Å². The quantitative estimate of drug-likeness (QED) is 0.704. The van der Waals surface area contributed by atoms with Gasteiger partial charge in [-0.3, -0.25) is 0 Å². The first kappa shape index (κ1) is 15.1. The van der Waals surface area contributed by atoms with Crippen molar-refractivity contribution in [2.45, 2.75) is 70.8 Å². The van der Waals surface area contributed by atoms with Gasteiger partial charge in [0.1, 0.15) is 0 Å². The molecule has 0 aliphatic heterocycles.